The average molecular weight is 293 g/mol. The van der Waals surface area contributed by atoms with Gasteiger partial charge >= 0.3 is 6.03 Å². The monoisotopic (exact) mass is 293 g/mol. The Morgan fingerprint density at radius 2 is 2.14 bits per heavy atom. The van der Waals surface area contributed by atoms with E-state index in [-0.39, 0.29) is 11.9 Å². The van der Waals surface area contributed by atoms with Gasteiger partial charge in [0.2, 0.25) is 5.91 Å². The fraction of sp³-hybridized carbons (Fsp3) is 0.500. The van der Waals surface area contributed by atoms with Gasteiger partial charge < -0.3 is 20.9 Å². The van der Waals surface area contributed by atoms with Gasteiger partial charge in [0.1, 0.15) is 6.04 Å². The molecule has 1 rings (SSSR count). The van der Waals surface area contributed by atoms with E-state index < -0.39 is 6.04 Å². The number of carbonyl (C=O) groups is 2. The zero-order valence-electron chi connectivity index (χ0n) is 12.7. The lowest BCUT2D eigenvalue weighted by Gasteiger charge is -2.23. The number of aromatic nitrogens is 1. The van der Waals surface area contributed by atoms with E-state index >= 15 is 0 Å². The molecule has 1 aromatic rings. The third kappa shape index (κ3) is 5.68. The number of urea groups is 1. The summed E-state index contributed by atoms with van der Waals surface area (Å²) < 4.78 is 0. The summed E-state index contributed by atoms with van der Waals surface area (Å²) in [6, 6.07) is 3.04. The van der Waals surface area contributed by atoms with Crippen molar-refractivity contribution in [3.8, 4) is 0 Å². The number of anilines is 1. The molecule has 1 aromatic heterocycles. The van der Waals surface area contributed by atoms with Crippen molar-refractivity contribution < 1.29 is 9.59 Å². The Hall–Kier alpha value is -2.31. The lowest BCUT2D eigenvalue weighted by molar-refractivity contribution is -0.124. The maximum Gasteiger partial charge on any atom is 0.317 e. The van der Waals surface area contributed by atoms with E-state index in [2.05, 4.69) is 20.9 Å². The maximum absolute atomic E-state index is 11.8. The summed E-state index contributed by atoms with van der Waals surface area (Å²) in [5, 5.41) is 8.50. The number of carbonyl (C=O) groups excluding carboxylic acids is 2. The molecular weight excluding hydrogens is 270 g/mol. The van der Waals surface area contributed by atoms with E-state index in [0.29, 0.717) is 6.54 Å². The quantitative estimate of drug-likeness (QED) is 0.645. The second-order valence-corrected chi connectivity index (χ2v) is 4.66. The first-order valence-electron chi connectivity index (χ1n) is 6.92. The van der Waals surface area contributed by atoms with Gasteiger partial charge in [-0.1, -0.05) is 0 Å². The zero-order chi connectivity index (χ0) is 15.7. The van der Waals surface area contributed by atoms with Gasteiger partial charge in [0, 0.05) is 39.6 Å². The first-order valence-corrected chi connectivity index (χ1v) is 6.92. The number of amides is 3. The Morgan fingerprint density at radius 3 is 2.76 bits per heavy atom. The third-order valence-corrected chi connectivity index (χ3v) is 3.15. The minimum absolute atomic E-state index is 0.189. The number of hydrogen-bond acceptors (Lipinski definition) is 4. The number of nitrogens with one attached hydrogen (secondary N) is 3. The van der Waals surface area contributed by atoms with Crippen molar-refractivity contribution in [2.45, 2.75) is 19.4 Å². The smallest absolute Gasteiger partial charge is 0.317 e. The molecule has 3 amide bonds. The second-order valence-electron chi connectivity index (χ2n) is 4.66. The summed E-state index contributed by atoms with van der Waals surface area (Å²) in [5.41, 5.74) is 0.953. The minimum atomic E-state index is -0.497. The topological polar surface area (TPSA) is 86.4 Å². The van der Waals surface area contributed by atoms with E-state index in [1.807, 2.05) is 12.1 Å². The summed E-state index contributed by atoms with van der Waals surface area (Å²) in [6.07, 6.45) is 4.25. The number of rotatable bonds is 7. The molecule has 0 radical (unpaired) electrons. The van der Waals surface area contributed by atoms with E-state index in [0.717, 1.165) is 18.7 Å². The van der Waals surface area contributed by atoms with E-state index in [1.54, 1.807) is 33.4 Å². The Balaban J connectivity index is 2.20. The second kappa shape index (κ2) is 8.78. The summed E-state index contributed by atoms with van der Waals surface area (Å²) in [5.74, 6) is -0.189. The third-order valence-electron chi connectivity index (χ3n) is 3.15. The summed E-state index contributed by atoms with van der Waals surface area (Å²) in [4.78, 5) is 28.7. The molecule has 0 saturated heterocycles. The van der Waals surface area contributed by atoms with Gasteiger partial charge in [-0.15, -0.1) is 0 Å². The first kappa shape index (κ1) is 16.7. The standard InChI is InChI=1S/C14H23N5O2/c1-11(13(20)15-2)19(3)14(21)18-9-5-8-17-12-6-4-7-16-10-12/h4,6-7,10-11,17H,5,8-9H2,1-3H3,(H,15,20)(H,18,21). The fourth-order valence-corrected chi connectivity index (χ4v) is 1.67. The van der Waals surface area contributed by atoms with Crippen LogP contribution < -0.4 is 16.0 Å². The van der Waals surface area contributed by atoms with Crippen LogP contribution in [0.4, 0.5) is 10.5 Å². The van der Waals surface area contributed by atoms with Crippen molar-refractivity contribution in [1.29, 1.82) is 0 Å². The molecule has 1 heterocycles. The lowest BCUT2D eigenvalue weighted by atomic mass is 10.3. The van der Waals surface area contributed by atoms with Crippen molar-refractivity contribution in [3.63, 3.8) is 0 Å². The summed E-state index contributed by atoms with van der Waals surface area (Å²) in [6.45, 7) is 2.96. The molecule has 3 N–H and O–H groups in total. The molecule has 1 atom stereocenters. The molecule has 0 bridgehead atoms. The lowest BCUT2D eigenvalue weighted by Crippen LogP contribution is -2.49. The first-order chi connectivity index (χ1) is 10.1. The summed E-state index contributed by atoms with van der Waals surface area (Å²) >= 11 is 0. The van der Waals surface area contributed by atoms with Crippen molar-refractivity contribution in [1.82, 2.24) is 20.5 Å². The van der Waals surface area contributed by atoms with Crippen LogP contribution in [-0.4, -0.2) is 55.0 Å². The van der Waals surface area contributed by atoms with Gasteiger partial charge in [-0.05, 0) is 25.5 Å². The Labute approximate surface area is 125 Å². The van der Waals surface area contributed by atoms with Crippen molar-refractivity contribution in [3.05, 3.63) is 24.5 Å². The molecule has 7 heteroatoms. The molecular formula is C14H23N5O2. The Morgan fingerprint density at radius 1 is 1.38 bits per heavy atom. The summed E-state index contributed by atoms with van der Waals surface area (Å²) in [7, 11) is 3.15. The molecule has 0 saturated carbocycles. The fourth-order valence-electron chi connectivity index (χ4n) is 1.67. The molecule has 0 spiro atoms. The number of likely N-dealkylation sites (N-methyl/N-ethyl adjacent to an activating group) is 2. The molecule has 21 heavy (non-hydrogen) atoms. The van der Waals surface area contributed by atoms with E-state index in [1.165, 1.54) is 4.90 Å². The molecule has 116 valence electrons. The highest BCUT2D eigenvalue weighted by molar-refractivity contribution is 5.86. The molecule has 0 aliphatic heterocycles. The van der Waals surface area contributed by atoms with Crippen LogP contribution in [0.2, 0.25) is 0 Å². The van der Waals surface area contributed by atoms with E-state index in [9.17, 15) is 9.59 Å². The highest BCUT2D eigenvalue weighted by atomic mass is 16.2. The number of nitrogens with zero attached hydrogens (tertiary/aromatic N) is 2. The highest BCUT2D eigenvalue weighted by Crippen LogP contribution is 2.01. The van der Waals surface area contributed by atoms with Crippen LogP contribution in [0.5, 0.6) is 0 Å². The Kier molecular flexibility index (Phi) is 7.00. The van der Waals surface area contributed by atoms with Gasteiger partial charge in [0.25, 0.3) is 0 Å². The van der Waals surface area contributed by atoms with Crippen molar-refractivity contribution in [2.75, 3.05) is 32.5 Å². The van der Waals surface area contributed by atoms with Crippen LogP contribution in [0.1, 0.15) is 13.3 Å². The predicted molar refractivity (Wildman–Crippen MR) is 82.0 cm³/mol. The van der Waals surface area contributed by atoms with Crippen LogP contribution in [0.25, 0.3) is 0 Å². The van der Waals surface area contributed by atoms with Crippen LogP contribution in [0, 0.1) is 0 Å². The highest BCUT2D eigenvalue weighted by Gasteiger charge is 2.20. The largest absolute Gasteiger partial charge is 0.384 e. The van der Waals surface area contributed by atoms with Gasteiger partial charge in [0.05, 0.1) is 5.69 Å². The number of pyridine rings is 1. The van der Waals surface area contributed by atoms with Gasteiger partial charge in [-0.2, -0.15) is 0 Å². The van der Waals surface area contributed by atoms with Crippen LogP contribution in [-0.2, 0) is 4.79 Å². The molecule has 0 aliphatic rings. The van der Waals surface area contributed by atoms with Crippen LogP contribution in [0.3, 0.4) is 0 Å². The molecule has 0 fully saturated rings. The normalized spacial score (nSPS) is 11.4. The minimum Gasteiger partial charge on any atom is -0.384 e. The van der Waals surface area contributed by atoms with Crippen LogP contribution in [0.15, 0.2) is 24.5 Å². The molecule has 7 nitrogen and oxygen atoms in total. The van der Waals surface area contributed by atoms with E-state index in [4.69, 9.17) is 0 Å². The van der Waals surface area contributed by atoms with Crippen LogP contribution >= 0.6 is 0 Å². The molecule has 0 aromatic carbocycles. The predicted octanol–water partition coefficient (Wildman–Crippen LogP) is 0.660. The van der Waals surface area contributed by atoms with Gasteiger partial charge in [-0.3, -0.25) is 9.78 Å². The van der Waals surface area contributed by atoms with Crippen molar-refractivity contribution in [2.24, 2.45) is 0 Å². The zero-order valence-corrected chi connectivity index (χ0v) is 12.7. The molecule has 1 unspecified atom stereocenters. The van der Waals surface area contributed by atoms with Crippen molar-refractivity contribution >= 4 is 17.6 Å². The SMILES string of the molecule is CNC(=O)C(C)N(C)C(=O)NCCCNc1cccnc1. The van der Waals surface area contributed by atoms with Gasteiger partial charge in [0.15, 0.2) is 0 Å². The molecule has 0 aliphatic carbocycles. The van der Waals surface area contributed by atoms with Gasteiger partial charge in [-0.25, -0.2) is 4.79 Å². The Bertz CT molecular complexity index is 452. The maximum atomic E-state index is 11.8. The number of hydrogen-bond donors (Lipinski definition) is 3. The average Bonchev–Trinajstić information content (AvgIpc) is 2.53.